The second kappa shape index (κ2) is 9.75. The van der Waals surface area contributed by atoms with Gasteiger partial charge in [0.2, 0.25) is 5.91 Å². The molecule has 1 heterocycles. The van der Waals surface area contributed by atoms with Gasteiger partial charge in [0.15, 0.2) is 0 Å². The van der Waals surface area contributed by atoms with Crippen molar-refractivity contribution in [3.63, 3.8) is 0 Å². The third-order valence-electron chi connectivity index (χ3n) is 3.98. The molecule has 0 radical (unpaired) electrons. The number of aliphatic carboxylic acids is 1. The van der Waals surface area contributed by atoms with Gasteiger partial charge in [-0.3, -0.25) is 9.59 Å². The molecule has 0 aromatic carbocycles. The number of amides is 1. The zero-order valence-electron chi connectivity index (χ0n) is 12.4. The largest absolute Gasteiger partial charge is 0.481 e. The fourth-order valence-corrected chi connectivity index (χ4v) is 2.79. The molecule has 1 saturated heterocycles. The molecule has 1 amide bonds. The van der Waals surface area contributed by atoms with Crippen molar-refractivity contribution in [2.75, 3.05) is 19.6 Å². The van der Waals surface area contributed by atoms with Crippen molar-refractivity contribution in [3.05, 3.63) is 0 Å². The number of carbonyl (C=O) groups excluding carboxylic acids is 1. The predicted octanol–water partition coefficient (Wildman–Crippen LogP) is 2.00. The van der Waals surface area contributed by atoms with E-state index in [4.69, 9.17) is 10.8 Å². The minimum atomic E-state index is -0.742. The molecule has 1 atom stereocenters. The highest BCUT2D eigenvalue weighted by molar-refractivity contribution is 5.76. The summed E-state index contributed by atoms with van der Waals surface area (Å²) in [5, 5.41) is 8.72. The number of carbonyl (C=O) groups is 2. The second-order valence-corrected chi connectivity index (χ2v) is 5.73. The summed E-state index contributed by atoms with van der Waals surface area (Å²) in [7, 11) is 0. The van der Waals surface area contributed by atoms with E-state index in [1.807, 2.05) is 4.90 Å². The first-order valence-electron chi connectivity index (χ1n) is 7.83. The highest BCUT2D eigenvalue weighted by atomic mass is 16.4. The van der Waals surface area contributed by atoms with E-state index >= 15 is 0 Å². The van der Waals surface area contributed by atoms with Gasteiger partial charge in [-0.15, -0.1) is 0 Å². The normalized spacial score (nSPS) is 19.1. The van der Waals surface area contributed by atoms with Crippen LogP contribution >= 0.6 is 0 Å². The quantitative estimate of drug-likeness (QED) is 0.634. The third-order valence-corrected chi connectivity index (χ3v) is 3.98. The maximum absolute atomic E-state index is 12.1. The van der Waals surface area contributed by atoms with E-state index in [2.05, 4.69) is 0 Å². The van der Waals surface area contributed by atoms with E-state index in [1.54, 1.807) is 0 Å². The van der Waals surface area contributed by atoms with Crippen molar-refractivity contribution in [1.29, 1.82) is 0 Å². The predicted molar refractivity (Wildman–Crippen MR) is 78.3 cm³/mol. The van der Waals surface area contributed by atoms with E-state index < -0.39 is 5.97 Å². The molecule has 1 unspecified atom stereocenters. The minimum Gasteiger partial charge on any atom is -0.481 e. The van der Waals surface area contributed by atoms with Gasteiger partial charge in [-0.2, -0.15) is 0 Å². The van der Waals surface area contributed by atoms with Crippen LogP contribution in [0.3, 0.4) is 0 Å². The average molecular weight is 284 g/mol. The maximum Gasteiger partial charge on any atom is 0.303 e. The molecular weight excluding hydrogens is 256 g/mol. The first kappa shape index (κ1) is 17.0. The molecule has 0 saturated carbocycles. The van der Waals surface area contributed by atoms with Gasteiger partial charge in [0.25, 0.3) is 0 Å². The Kier molecular flexibility index (Phi) is 8.26. The van der Waals surface area contributed by atoms with Crippen molar-refractivity contribution in [2.45, 2.75) is 57.8 Å². The van der Waals surface area contributed by atoms with Crippen LogP contribution in [0.1, 0.15) is 57.8 Å². The molecule has 5 heteroatoms. The lowest BCUT2D eigenvalue weighted by molar-refractivity contribution is -0.137. The van der Waals surface area contributed by atoms with Gasteiger partial charge in [0, 0.05) is 25.9 Å². The SMILES string of the molecule is NCCCCCCC(=O)N1CCCC(CCC(=O)O)C1. The number of nitrogens with zero attached hydrogens (tertiary/aromatic N) is 1. The van der Waals surface area contributed by atoms with E-state index in [0.717, 1.165) is 58.2 Å². The summed E-state index contributed by atoms with van der Waals surface area (Å²) in [5.74, 6) is -0.146. The summed E-state index contributed by atoms with van der Waals surface area (Å²) in [4.78, 5) is 24.6. The Morgan fingerprint density at radius 2 is 1.90 bits per heavy atom. The summed E-state index contributed by atoms with van der Waals surface area (Å²) in [6.07, 6.45) is 7.73. The fraction of sp³-hybridized carbons (Fsp3) is 0.867. The molecule has 20 heavy (non-hydrogen) atoms. The number of unbranched alkanes of at least 4 members (excludes halogenated alkanes) is 3. The highest BCUT2D eigenvalue weighted by Crippen LogP contribution is 2.22. The number of carboxylic acid groups (broad SMARTS) is 1. The molecule has 0 aliphatic carbocycles. The van der Waals surface area contributed by atoms with Crippen molar-refractivity contribution >= 4 is 11.9 Å². The summed E-state index contributed by atoms with van der Waals surface area (Å²) in [6, 6.07) is 0. The van der Waals surface area contributed by atoms with E-state index in [-0.39, 0.29) is 12.3 Å². The topological polar surface area (TPSA) is 83.6 Å². The van der Waals surface area contributed by atoms with Gasteiger partial charge in [-0.05, 0) is 44.6 Å². The molecule has 0 spiro atoms. The Morgan fingerprint density at radius 1 is 1.15 bits per heavy atom. The molecule has 1 rings (SSSR count). The van der Waals surface area contributed by atoms with E-state index in [9.17, 15) is 9.59 Å². The van der Waals surface area contributed by atoms with Gasteiger partial charge in [0.1, 0.15) is 0 Å². The van der Waals surface area contributed by atoms with Crippen molar-refractivity contribution in [1.82, 2.24) is 4.90 Å². The van der Waals surface area contributed by atoms with Crippen LogP contribution in [0.25, 0.3) is 0 Å². The second-order valence-electron chi connectivity index (χ2n) is 5.73. The van der Waals surface area contributed by atoms with Gasteiger partial charge >= 0.3 is 5.97 Å². The van der Waals surface area contributed by atoms with Crippen LogP contribution < -0.4 is 5.73 Å². The first-order chi connectivity index (χ1) is 9.63. The monoisotopic (exact) mass is 284 g/mol. The molecule has 0 bridgehead atoms. The molecule has 1 aliphatic heterocycles. The van der Waals surface area contributed by atoms with Crippen molar-refractivity contribution in [2.24, 2.45) is 11.7 Å². The summed E-state index contributed by atoms with van der Waals surface area (Å²) in [6.45, 7) is 2.31. The fourth-order valence-electron chi connectivity index (χ4n) is 2.79. The maximum atomic E-state index is 12.1. The van der Waals surface area contributed by atoms with Crippen LogP contribution in [0.4, 0.5) is 0 Å². The molecule has 3 N–H and O–H groups in total. The Hall–Kier alpha value is -1.10. The van der Waals surface area contributed by atoms with Crippen LogP contribution in [0, 0.1) is 5.92 Å². The third kappa shape index (κ3) is 6.89. The number of carboxylic acids is 1. The number of piperidine rings is 1. The zero-order chi connectivity index (χ0) is 14.8. The van der Waals surface area contributed by atoms with Gasteiger partial charge in [-0.1, -0.05) is 12.8 Å². The van der Waals surface area contributed by atoms with E-state index in [1.165, 1.54) is 0 Å². The van der Waals surface area contributed by atoms with Crippen LogP contribution in [-0.2, 0) is 9.59 Å². The van der Waals surface area contributed by atoms with Crippen LogP contribution in [0.5, 0.6) is 0 Å². The summed E-state index contributed by atoms with van der Waals surface area (Å²) < 4.78 is 0. The highest BCUT2D eigenvalue weighted by Gasteiger charge is 2.23. The molecule has 0 aromatic rings. The summed E-state index contributed by atoms with van der Waals surface area (Å²) >= 11 is 0. The molecular formula is C15H28N2O3. The molecule has 1 aliphatic rings. The molecule has 0 aromatic heterocycles. The number of rotatable bonds is 9. The number of hydrogen-bond acceptors (Lipinski definition) is 3. The number of likely N-dealkylation sites (tertiary alicyclic amines) is 1. The summed E-state index contributed by atoms with van der Waals surface area (Å²) in [5.41, 5.74) is 5.44. The van der Waals surface area contributed by atoms with Crippen molar-refractivity contribution in [3.8, 4) is 0 Å². The Morgan fingerprint density at radius 3 is 2.60 bits per heavy atom. The van der Waals surface area contributed by atoms with Gasteiger partial charge in [-0.25, -0.2) is 0 Å². The zero-order valence-corrected chi connectivity index (χ0v) is 12.4. The van der Waals surface area contributed by atoms with Crippen LogP contribution in [0.15, 0.2) is 0 Å². The van der Waals surface area contributed by atoms with Gasteiger partial charge in [0.05, 0.1) is 0 Å². The van der Waals surface area contributed by atoms with Gasteiger partial charge < -0.3 is 15.7 Å². The standard InChI is InChI=1S/C15H28N2O3/c16-10-4-2-1-3-7-14(18)17-11-5-6-13(12-17)8-9-15(19)20/h13H,1-12,16H2,(H,19,20). The Bertz CT molecular complexity index is 307. The number of nitrogens with two attached hydrogens (primary N) is 1. The minimum absolute atomic E-state index is 0.214. The smallest absolute Gasteiger partial charge is 0.303 e. The lowest BCUT2D eigenvalue weighted by Gasteiger charge is -2.32. The van der Waals surface area contributed by atoms with Crippen molar-refractivity contribution < 1.29 is 14.7 Å². The molecule has 116 valence electrons. The lowest BCUT2D eigenvalue weighted by Crippen LogP contribution is -2.39. The Labute approximate surface area is 121 Å². The molecule has 5 nitrogen and oxygen atoms in total. The molecule has 1 fully saturated rings. The first-order valence-corrected chi connectivity index (χ1v) is 7.83. The van der Waals surface area contributed by atoms with Crippen LogP contribution in [0.2, 0.25) is 0 Å². The lowest BCUT2D eigenvalue weighted by atomic mass is 9.93. The van der Waals surface area contributed by atoms with E-state index in [0.29, 0.717) is 18.8 Å². The number of hydrogen-bond donors (Lipinski definition) is 2. The Balaban J connectivity index is 2.20. The van der Waals surface area contributed by atoms with Crippen LogP contribution in [-0.4, -0.2) is 41.5 Å². The average Bonchev–Trinajstić information content (AvgIpc) is 2.45.